The standard InChI is InChI=1S/C17H23N5O2/c1-12(19-17(24)20-15-4-2-3-5-16(15)23)13-6-8-14(9-7-13)22-11-10-18-21-22/h6-12,15-16,23H,2-5H2,1H3,(H2,19,20,24). The molecule has 0 spiro atoms. The van der Waals surface area contributed by atoms with E-state index in [4.69, 9.17) is 0 Å². The van der Waals surface area contributed by atoms with Crippen molar-refractivity contribution in [3.05, 3.63) is 42.2 Å². The number of nitrogens with zero attached hydrogens (tertiary/aromatic N) is 3. The summed E-state index contributed by atoms with van der Waals surface area (Å²) in [4.78, 5) is 12.1. The zero-order chi connectivity index (χ0) is 16.9. The SMILES string of the molecule is CC(NC(=O)NC1CCCCC1O)c1ccc(-n2ccnn2)cc1. The quantitative estimate of drug-likeness (QED) is 0.799. The first kappa shape index (κ1) is 16.4. The van der Waals surface area contributed by atoms with Crippen molar-refractivity contribution in [2.75, 3.05) is 0 Å². The van der Waals surface area contributed by atoms with Crippen molar-refractivity contribution in [3.8, 4) is 5.69 Å². The van der Waals surface area contributed by atoms with Gasteiger partial charge in [-0.1, -0.05) is 30.2 Å². The summed E-state index contributed by atoms with van der Waals surface area (Å²) in [6, 6.07) is 7.26. The molecule has 1 aliphatic carbocycles. The number of carbonyl (C=O) groups excluding carboxylic acids is 1. The van der Waals surface area contributed by atoms with Gasteiger partial charge in [-0.25, -0.2) is 9.48 Å². The van der Waals surface area contributed by atoms with Crippen LogP contribution in [0, 0.1) is 0 Å². The molecular weight excluding hydrogens is 306 g/mol. The highest BCUT2D eigenvalue weighted by Crippen LogP contribution is 2.19. The first-order valence-corrected chi connectivity index (χ1v) is 8.35. The Hall–Kier alpha value is -2.41. The van der Waals surface area contributed by atoms with Crippen molar-refractivity contribution in [1.82, 2.24) is 25.6 Å². The molecule has 1 aliphatic rings. The van der Waals surface area contributed by atoms with Crippen LogP contribution in [-0.2, 0) is 0 Å². The van der Waals surface area contributed by atoms with Gasteiger partial charge in [0.15, 0.2) is 0 Å². The first-order chi connectivity index (χ1) is 11.6. The van der Waals surface area contributed by atoms with Crippen LogP contribution in [0.5, 0.6) is 0 Å². The predicted molar refractivity (Wildman–Crippen MR) is 89.7 cm³/mol. The lowest BCUT2D eigenvalue weighted by atomic mass is 9.93. The van der Waals surface area contributed by atoms with Crippen molar-refractivity contribution in [1.29, 1.82) is 0 Å². The Kier molecular flexibility index (Phi) is 5.10. The predicted octanol–water partition coefficient (Wildman–Crippen LogP) is 1.93. The lowest BCUT2D eigenvalue weighted by Crippen LogP contribution is -2.49. The minimum absolute atomic E-state index is 0.129. The highest BCUT2D eigenvalue weighted by Gasteiger charge is 2.24. The zero-order valence-electron chi connectivity index (χ0n) is 13.7. The number of carbonyl (C=O) groups is 1. The summed E-state index contributed by atoms with van der Waals surface area (Å²) in [5, 5.41) is 23.5. The molecule has 7 nitrogen and oxygen atoms in total. The average Bonchev–Trinajstić information content (AvgIpc) is 3.11. The van der Waals surface area contributed by atoms with Crippen LogP contribution in [0.15, 0.2) is 36.7 Å². The fourth-order valence-corrected chi connectivity index (χ4v) is 3.03. The van der Waals surface area contributed by atoms with E-state index in [1.54, 1.807) is 17.1 Å². The number of hydrogen-bond acceptors (Lipinski definition) is 4. The summed E-state index contributed by atoms with van der Waals surface area (Å²) >= 11 is 0. The number of rotatable bonds is 4. The van der Waals surface area contributed by atoms with E-state index in [0.29, 0.717) is 0 Å². The van der Waals surface area contributed by atoms with Gasteiger partial charge >= 0.3 is 6.03 Å². The second-order valence-electron chi connectivity index (χ2n) is 6.24. The van der Waals surface area contributed by atoms with Crippen LogP contribution in [0.2, 0.25) is 0 Å². The Bertz CT molecular complexity index is 656. The maximum absolute atomic E-state index is 12.1. The van der Waals surface area contributed by atoms with E-state index in [1.807, 2.05) is 31.2 Å². The summed E-state index contributed by atoms with van der Waals surface area (Å²) in [5.74, 6) is 0. The number of amides is 2. The molecule has 3 N–H and O–H groups in total. The number of benzene rings is 1. The monoisotopic (exact) mass is 329 g/mol. The molecular formula is C17H23N5O2. The van der Waals surface area contributed by atoms with Crippen molar-refractivity contribution in [2.24, 2.45) is 0 Å². The van der Waals surface area contributed by atoms with Gasteiger partial charge in [0.05, 0.1) is 36.3 Å². The maximum Gasteiger partial charge on any atom is 0.315 e. The highest BCUT2D eigenvalue weighted by molar-refractivity contribution is 5.74. The van der Waals surface area contributed by atoms with Gasteiger partial charge in [0.1, 0.15) is 0 Å². The molecule has 7 heteroatoms. The van der Waals surface area contributed by atoms with Crippen molar-refractivity contribution >= 4 is 6.03 Å². The topological polar surface area (TPSA) is 92.1 Å². The summed E-state index contributed by atoms with van der Waals surface area (Å²) in [7, 11) is 0. The molecule has 24 heavy (non-hydrogen) atoms. The van der Waals surface area contributed by atoms with Gasteiger partial charge < -0.3 is 15.7 Å². The van der Waals surface area contributed by atoms with E-state index in [0.717, 1.165) is 36.9 Å². The molecule has 1 aromatic heterocycles. The molecule has 1 heterocycles. The molecule has 1 saturated carbocycles. The van der Waals surface area contributed by atoms with Crippen LogP contribution >= 0.6 is 0 Å². The normalized spacial score (nSPS) is 21.9. The zero-order valence-corrected chi connectivity index (χ0v) is 13.7. The number of hydrogen-bond donors (Lipinski definition) is 3. The maximum atomic E-state index is 12.1. The Morgan fingerprint density at radius 2 is 2.04 bits per heavy atom. The summed E-state index contributed by atoms with van der Waals surface area (Å²) in [5.41, 5.74) is 1.91. The van der Waals surface area contributed by atoms with Crippen LogP contribution in [0.25, 0.3) is 5.69 Å². The molecule has 2 aromatic rings. The molecule has 128 valence electrons. The summed E-state index contributed by atoms with van der Waals surface area (Å²) < 4.78 is 1.68. The molecule has 0 radical (unpaired) electrons. The lowest BCUT2D eigenvalue weighted by Gasteiger charge is -2.29. The second kappa shape index (κ2) is 7.44. The molecule has 0 aliphatic heterocycles. The number of aliphatic hydroxyl groups is 1. The van der Waals surface area contributed by atoms with Crippen molar-refractivity contribution in [2.45, 2.75) is 50.8 Å². The molecule has 1 fully saturated rings. The van der Waals surface area contributed by atoms with Gasteiger partial charge in [-0.15, -0.1) is 5.10 Å². The van der Waals surface area contributed by atoms with Crippen LogP contribution in [0.3, 0.4) is 0 Å². The van der Waals surface area contributed by atoms with Crippen molar-refractivity contribution < 1.29 is 9.90 Å². The third kappa shape index (κ3) is 3.91. The second-order valence-corrected chi connectivity index (χ2v) is 6.24. The van der Waals surface area contributed by atoms with Crippen LogP contribution in [0.1, 0.15) is 44.2 Å². The fourth-order valence-electron chi connectivity index (χ4n) is 3.03. The van der Waals surface area contributed by atoms with Gasteiger partial charge in [-0.2, -0.15) is 0 Å². The van der Waals surface area contributed by atoms with Crippen LogP contribution in [0.4, 0.5) is 4.79 Å². The molecule has 3 atom stereocenters. The van der Waals surface area contributed by atoms with Gasteiger partial charge in [0.25, 0.3) is 0 Å². The molecule has 3 rings (SSSR count). The Morgan fingerprint density at radius 3 is 2.71 bits per heavy atom. The average molecular weight is 329 g/mol. The minimum Gasteiger partial charge on any atom is -0.391 e. The number of aliphatic hydroxyl groups excluding tert-OH is 1. The molecule has 1 aromatic carbocycles. The van der Waals surface area contributed by atoms with Crippen LogP contribution in [-0.4, -0.2) is 38.3 Å². The first-order valence-electron chi connectivity index (χ1n) is 8.35. The largest absolute Gasteiger partial charge is 0.391 e. The van der Waals surface area contributed by atoms with E-state index in [9.17, 15) is 9.90 Å². The number of urea groups is 1. The van der Waals surface area contributed by atoms with E-state index in [2.05, 4.69) is 20.9 Å². The Balaban J connectivity index is 1.56. The molecule has 0 saturated heterocycles. The van der Waals surface area contributed by atoms with Crippen molar-refractivity contribution in [3.63, 3.8) is 0 Å². The molecule has 2 amide bonds. The number of nitrogens with one attached hydrogen (secondary N) is 2. The molecule has 3 unspecified atom stereocenters. The Labute approximate surface area is 141 Å². The smallest absolute Gasteiger partial charge is 0.315 e. The summed E-state index contributed by atoms with van der Waals surface area (Å²) in [6.07, 6.45) is 6.61. The highest BCUT2D eigenvalue weighted by atomic mass is 16.3. The van der Waals surface area contributed by atoms with E-state index in [-0.39, 0.29) is 18.1 Å². The third-order valence-corrected chi connectivity index (χ3v) is 4.47. The van der Waals surface area contributed by atoms with E-state index < -0.39 is 6.10 Å². The van der Waals surface area contributed by atoms with Crippen LogP contribution < -0.4 is 10.6 Å². The summed E-state index contributed by atoms with van der Waals surface area (Å²) in [6.45, 7) is 1.93. The number of aromatic nitrogens is 3. The lowest BCUT2D eigenvalue weighted by molar-refractivity contribution is 0.0941. The minimum atomic E-state index is -0.443. The van der Waals surface area contributed by atoms with E-state index >= 15 is 0 Å². The molecule has 0 bridgehead atoms. The third-order valence-electron chi connectivity index (χ3n) is 4.47. The van der Waals surface area contributed by atoms with Gasteiger partial charge in [-0.3, -0.25) is 0 Å². The Morgan fingerprint density at radius 1 is 1.29 bits per heavy atom. The fraction of sp³-hybridized carbons (Fsp3) is 0.471. The van der Waals surface area contributed by atoms with E-state index in [1.165, 1.54) is 0 Å². The van der Waals surface area contributed by atoms with Gasteiger partial charge in [-0.05, 0) is 37.5 Å². The van der Waals surface area contributed by atoms with Gasteiger partial charge in [0.2, 0.25) is 0 Å². The van der Waals surface area contributed by atoms with Gasteiger partial charge in [0, 0.05) is 0 Å².